The molecule has 0 fully saturated rings. The number of ether oxygens (including phenoxy) is 1. The molecule has 0 aliphatic carbocycles. The normalized spacial score (nSPS) is 11.1. The first kappa shape index (κ1) is 19.1. The summed E-state index contributed by atoms with van der Waals surface area (Å²) in [6.07, 6.45) is 13.7. The second kappa shape index (κ2) is 12.6. The second-order valence-electron chi connectivity index (χ2n) is 6.75. The van der Waals surface area contributed by atoms with E-state index in [4.69, 9.17) is 4.74 Å². The van der Waals surface area contributed by atoms with Crippen molar-refractivity contribution in [2.75, 3.05) is 6.61 Å². The van der Waals surface area contributed by atoms with E-state index in [0.717, 1.165) is 12.4 Å². The van der Waals surface area contributed by atoms with Gasteiger partial charge in [-0.3, -0.25) is 0 Å². The van der Waals surface area contributed by atoms with Gasteiger partial charge in [0.2, 0.25) is 0 Å². The van der Waals surface area contributed by atoms with Crippen LogP contribution in [0, 0.1) is 0 Å². The molecule has 1 nitrogen and oxygen atoms in total. The van der Waals surface area contributed by atoms with Crippen molar-refractivity contribution < 1.29 is 4.74 Å². The van der Waals surface area contributed by atoms with E-state index in [1.165, 1.54) is 69.8 Å². The Kier molecular flexibility index (Phi) is 10.9. The van der Waals surface area contributed by atoms with Crippen molar-refractivity contribution in [2.45, 2.75) is 90.9 Å². The SMILES string of the molecule is CCCCCCCCCCCCOc1ccc(C(C)C)cc1. The second-order valence-corrected chi connectivity index (χ2v) is 6.75. The maximum absolute atomic E-state index is 5.81. The summed E-state index contributed by atoms with van der Waals surface area (Å²) in [7, 11) is 0. The third-order valence-electron chi connectivity index (χ3n) is 4.31. The van der Waals surface area contributed by atoms with Crippen molar-refractivity contribution in [1.29, 1.82) is 0 Å². The minimum atomic E-state index is 0.594. The molecule has 1 aromatic rings. The van der Waals surface area contributed by atoms with Crippen LogP contribution in [0.2, 0.25) is 0 Å². The fourth-order valence-electron chi connectivity index (χ4n) is 2.73. The highest BCUT2D eigenvalue weighted by molar-refractivity contribution is 5.28. The summed E-state index contributed by atoms with van der Waals surface area (Å²) in [4.78, 5) is 0. The van der Waals surface area contributed by atoms with E-state index < -0.39 is 0 Å². The molecule has 0 bridgehead atoms. The van der Waals surface area contributed by atoms with E-state index in [2.05, 4.69) is 45.0 Å². The number of hydrogen-bond acceptors (Lipinski definition) is 1. The minimum Gasteiger partial charge on any atom is -0.494 e. The number of unbranched alkanes of at least 4 members (excludes halogenated alkanes) is 9. The van der Waals surface area contributed by atoms with Crippen LogP contribution in [0.5, 0.6) is 5.75 Å². The lowest BCUT2D eigenvalue weighted by molar-refractivity contribution is 0.304. The molecule has 0 unspecified atom stereocenters. The lowest BCUT2D eigenvalue weighted by Gasteiger charge is -2.09. The molecule has 0 amide bonds. The van der Waals surface area contributed by atoms with Gasteiger partial charge in [0.1, 0.15) is 5.75 Å². The highest BCUT2D eigenvalue weighted by atomic mass is 16.5. The molecule has 22 heavy (non-hydrogen) atoms. The molecule has 0 saturated carbocycles. The molecular weight excluding hydrogens is 268 g/mol. The largest absolute Gasteiger partial charge is 0.494 e. The summed E-state index contributed by atoms with van der Waals surface area (Å²) in [5.41, 5.74) is 1.38. The smallest absolute Gasteiger partial charge is 0.119 e. The van der Waals surface area contributed by atoms with Crippen molar-refractivity contribution in [2.24, 2.45) is 0 Å². The maximum atomic E-state index is 5.81. The number of rotatable bonds is 13. The number of benzene rings is 1. The summed E-state index contributed by atoms with van der Waals surface area (Å²) < 4.78 is 5.81. The van der Waals surface area contributed by atoms with E-state index >= 15 is 0 Å². The average Bonchev–Trinajstić information content (AvgIpc) is 2.53. The van der Waals surface area contributed by atoms with Gasteiger partial charge in [-0.05, 0) is 30.0 Å². The quantitative estimate of drug-likeness (QED) is 0.353. The Balaban J connectivity index is 1.93. The zero-order chi connectivity index (χ0) is 16.0. The van der Waals surface area contributed by atoms with E-state index in [1.807, 2.05) is 0 Å². The first-order valence-electron chi connectivity index (χ1n) is 9.46. The summed E-state index contributed by atoms with van der Waals surface area (Å²) >= 11 is 0. The molecule has 1 rings (SSSR count). The predicted molar refractivity (Wildman–Crippen MR) is 97.9 cm³/mol. The van der Waals surface area contributed by atoms with Crippen LogP contribution in [-0.2, 0) is 0 Å². The lowest BCUT2D eigenvalue weighted by Crippen LogP contribution is -1.97. The van der Waals surface area contributed by atoms with Crippen molar-refractivity contribution in [1.82, 2.24) is 0 Å². The molecule has 0 N–H and O–H groups in total. The standard InChI is InChI=1S/C21H36O/c1-4-5-6-7-8-9-10-11-12-13-18-22-21-16-14-20(15-17-21)19(2)3/h14-17,19H,4-13,18H2,1-3H3. The zero-order valence-electron chi connectivity index (χ0n) is 15.1. The molecule has 0 radical (unpaired) electrons. The van der Waals surface area contributed by atoms with Crippen LogP contribution in [-0.4, -0.2) is 6.61 Å². The van der Waals surface area contributed by atoms with E-state index in [-0.39, 0.29) is 0 Å². The highest BCUT2D eigenvalue weighted by Gasteiger charge is 1.99. The fraction of sp³-hybridized carbons (Fsp3) is 0.714. The first-order chi connectivity index (χ1) is 10.7. The molecule has 0 spiro atoms. The Hall–Kier alpha value is -0.980. The maximum Gasteiger partial charge on any atom is 0.119 e. The minimum absolute atomic E-state index is 0.594. The van der Waals surface area contributed by atoms with Crippen molar-refractivity contribution in [3.8, 4) is 5.75 Å². The molecular formula is C21H36O. The Morgan fingerprint density at radius 3 is 1.73 bits per heavy atom. The fourth-order valence-corrected chi connectivity index (χ4v) is 2.73. The molecule has 0 saturated heterocycles. The molecule has 126 valence electrons. The zero-order valence-corrected chi connectivity index (χ0v) is 15.1. The number of hydrogen-bond donors (Lipinski definition) is 0. The van der Waals surface area contributed by atoms with Crippen molar-refractivity contribution in [3.05, 3.63) is 29.8 Å². The summed E-state index contributed by atoms with van der Waals surface area (Å²) in [5.74, 6) is 1.61. The van der Waals surface area contributed by atoms with Crippen LogP contribution < -0.4 is 4.74 Å². The van der Waals surface area contributed by atoms with Crippen LogP contribution >= 0.6 is 0 Å². The van der Waals surface area contributed by atoms with Gasteiger partial charge in [-0.1, -0.05) is 90.7 Å². The van der Waals surface area contributed by atoms with Gasteiger partial charge < -0.3 is 4.74 Å². The summed E-state index contributed by atoms with van der Waals surface area (Å²) in [6.45, 7) is 7.58. The van der Waals surface area contributed by atoms with Crippen LogP contribution in [0.1, 0.15) is 96.5 Å². The molecule has 1 heteroatoms. The van der Waals surface area contributed by atoms with Crippen molar-refractivity contribution >= 4 is 0 Å². The van der Waals surface area contributed by atoms with Gasteiger partial charge in [0.25, 0.3) is 0 Å². The first-order valence-corrected chi connectivity index (χ1v) is 9.46. The Labute approximate surface area is 138 Å². The van der Waals surface area contributed by atoms with Gasteiger partial charge in [0, 0.05) is 0 Å². The van der Waals surface area contributed by atoms with E-state index in [9.17, 15) is 0 Å². The molecule has 0 atom stereocenters. The van der Waals surface area contributed by atoms with Crippen molar-refractivity contribution in [3.63, 3.8) is 0 Å². The Morgan fingerprint density at radius 2 is 1.23 bits per heavy atom. The van der Waals surface area contributed by atoms with Gasteiger partial charge in [-0.2, -0.15) is 0 Å². The van der Waals surface area contributed by atoms with E-state index in [0.29, 0.717) is 5.92 Å². The third kappa shape index (κ3) is 9.12. The lowest BCUT2D eigenvalue weighted by atomic mass is 10.0. The van der Waals surface area contributed by atoms with Crippen LogP contribution in [0.4, 0.5) is 0 Å². The molecule has 1 aromatic carbocycles. The monoisotopic (exact) mass is 304 g/mol. The van der Waals surface area contributed by atoms with Crippen LogP contribution in [0.15, 0.2) is 24.3 Å². The molecule has 0 aromatic heterocycles. The van der Waals surface area contributed by atoms with Crippen LogP contribution in [0.3, 0.4) is 0 Å². The summed E-state index contributed by atoms with van der Waals surface area (Å²) in [6, 6.07) is 8.56. The van der Waals surface area contributed by atoms with Gasteiger partial charge >= 0.3 is 0 Å². The topological polar surface area (TPSA) is 9.23 Å². The third-order valence-corrected chi connectivity index (χ3v) is 4.31. The predicted octanol–water partition coefficient (Wildman–Crippen LogP) is 7.11. The molecule has 0 heterocycles. The van der Waals surface area contributed by atoms with Gasteiger partial charge in [0.05, 0.1) is 6.61 Å². The summed E-state index contributed by atoms with van der Waals surface area (Å²) in [5, 5.41) is 0. The van der Waals surface area contributed by atoms with Gasteiger partial charge in [-0.15, -0.1) is 0 Å². The van der Waals surface area contributed by atoms with Crippen LogP contribution in [0.25, 0.3) is 0 Å². The van der Waals surface area contributed by atoms with E-state index in [1.54, 1.807) is 0 Å². The Morgan fingerprint density at radius 1 is 0.727 bits per heavy atom. The Bertz CT molecular complexity index is 353. The highest BCUT2D eigenvalue weighted by Crippen LogP contribution is 2.19. The average molecular weight is 305 g/mol. The van der Waals surface area contributed by atoms with Gasteiger partial charge in [-0.25, -0.2) is 0 Å². The van der Waals surface area contributed by atoms with Gasteiger partial charge in [0.15, 0.2) is 0 Å². The molecule has 0 aliphatic rings. The molecule has 0 aliphatic heterocycles.